The predicted octanol–water partition coefficient (Wildman–Crippen LogP) is 2.27. The Hall–Kier alpha value is -2.04. The highest BCUT2D eigenvalue weighted by atomic mass is 19.1. The number of benzene rings is 1. The molecule has 1 aromatic heterocycles. The Morgan fingerprint density at radius 2 is 1.94 bits per heavy atom. The van der Waals surface area contributed by atoms with Crippen LogP contribution in [-0.2, 0) is 0 Å². The summed E-state index contributed by atoms with van der Waals surface area (Å²) < 4.78 is 28.2. The fraction of sp³-hybridized carbons (Fsp3) is 0.0909. The maximum absolute atomic E-state index is 13.5. The third kappa shape index (κ3) is 1.50. The molecule has 3 nitrogen and oxygen atoms in total. The Bertz CT molecular complexity index is 529. The highest BCUT2D eigenvalue weighted by Gasteiger charge is 2.16. The zero-order valence-electron chi connectivity index (χ0n) is 8.45. The molecule has 1 heterocycles. The SMILES string of the molecule is Cc1ncc(C=O)n1-c1c(F)cccc1F. The molecule has 2 aromatic rings. The van der Waals surface area contributed by atoms with Crippen molar-refractivity contribution < 1.29 is 13.6 Å². The van der Waals surface area contributed by atoms with E-state index in [1.807, 2.05) is 0 Å². The zero-order chi connectivity index (χ0) is 11.7. The highest BCUT2D eigenvalue weighted by molar-refractivity contribution is 5.73. The molecule has 0 amide bonds. The first-order valence-corrected chi connectivity index (χ1v) is 4.59. The number of aromatic nitrogens is 2. The summed E-state index contributed by atoms with van der Waals surface area (Å²) in [4.78, 5) is 14.6. The van der Waals surface area contributed by atoms with Gasteiger partial charge in [-0.2, -0.15) is 0 Å². The molecule has 0 aliphatic carbocycles. The molecule has 0 fully saturated rings. The Morgan fingerprint density at radius 3 is 2.50 bits per heavy atom. The van der Waals surface area contributed by atoms with Gasteiger partial charge in [0.25, 0.3) is 0 Å². The van der Waals surface area contributed by atoms with Crippen molar-refractivity contribution in [2.75, 3.05) is 0 Å². The number of rotatable bonds is 2. The van der Waals surface area contributed by atoms with Gasteiger partial charge in [0.1, 0.15) is 28.8 Å². The summed E-state index contributed by atoms with van der Waals surface area (Å²) in [7, 11) is 0. The van der Waals surface area contributed by atoms with Gasteiger partial charge in [-0.3, -0.25) is 9.36 Å². The van der Waals surface area contributed by atoms with Gasteiger partial charge >= 0.3 is 0 Å². The number of carbonyl (C=O) groups is 1. The molecule has 0 aliphatic rings. The summed E-state index contributed by atoms with van der Waals surface area (Å²) in [6, 6.07) is 3.53. The van der Waals surface area contributed by atoms with Crippen LogP contribution < -0.4 is 0 Å². The van der Waals surface area contributed by atoms with E-state index in [0.717, 1.165) is 16.7 Å². The molecule has 0 aliphatic heterocycles. The van der Waals surface area contributed by atoms with Gasteiger partial charge < -0.3 is 0 Å². The molecule has 1 aromatic carbocycles. The van der Waals surface area contributed by atoms with Gasteiger partial charge in [-0.25, -0.2) is 13.8 Å². The normalized spacial score (nSPS) is 10.4. The molecule has 0 atom stereocenters. The van der Waals surface area contributed by atoms with Crippen molar-refractivity contribution in [1.82, 2.24) is 9.55 Å². The average Bonchev–Trinajstić information content (AvgIpc) is 2.60. The first kappa shape index (κ1) is 10.5. The standard InChI is InChI=1S/C11H8F2N2O/c1-7-14-5-8(6-16)15(7)11-9(12)3-2-4-10(11)13/h2-6H,1H3. The lowest BCUT2D eigenvalue weighted by Crippen LogP contribution is -2.06. The second kappa shape index (κ2) is 3.84. The molecule has 0 bridgehead atoms. The van der Waals surface area contributed by atoms with E-state index >= 15 is 0 Å². The van der Waals surface area contributed by atoms with E-state index in [0.29, 0.717) is 12.1 Å². The van der Waals surface area contributed by atoms with Gasteiger partial charge in [0.15, 0.2) is 6.29 Å². The van der Waals surface area contributed by atoms with Crippen molar-refractivity contribution in [3.63, 3.8) is 0 Å². The monoisotopic (exact) mass is 222 g/mol. The fourth-order valence-corrected chi connectivity index (χ4v) is 1.54. The lowest BCUT2D eigenvalue weighted by Gasteiger charge is -2.09. The van der Waals surface area contributed by atoms with E-state index in [-0.39, 0.29) is 11.4 Å². The second-order valence-corrected chi connectivity index (χ2v) is 3.25. The van der Waals surface area contributed by atoms with Crippen molar-refractivity contribution in [3.05, 3.63) is 47.5 Å². The minimum absolute atomic E-state index is 0.113. The van der Waals surface area contributed by atoms with Crippen LogP contribution in [0.25, 0.3) is 5.69 Å². The molecule has 2 rings (SSSR count). The number of hydrogen-bond acceptors (Lipinski definition) is 2. The van der Waals surface area contributed by atoms with Crippen LogP contribution in [0, 0.1) is 18.6 Å². The molecule has 0 saturated carbocycles. The molecule has 0 unspecified atom stereocenters. The van der Waals surface area contributed by atoms with Crippen molar-refractivity contribution in [2.24, 2.45) is 0 Å². The third-order valence-electron chi connectivity index (χ3n) is 2.25. The van der Waals surface area contributed by atoms with E-state index in [1.165, 1.54) is 12.3 Å². The van der Waals surface area contributed by atoms with Gasteiger partial charge in [-0.05, 0) is 19.1 Å². The number of hydrogen-bond donors (Lipinski definition) is 0. The molecule has 82 valence electrons. The summed E-state index contributed by atoms with van der Waals surface area (Å²) >= 11 is 0. The number of imidazole rings is 1. The van der Waals surface area contributed by atoms with E-state index in [1.54, 1.807) is 6.92 Å². The summed E-state index contributed by atoms with van der Waals surface area (Å²) in [5.74, 6) is -1.11. The van der Waals surface area contributed by atoms with Crippen molar-refractivity contribution in [1.29, 1.82) is 0 Å². The largest absolute Gasteiger partial charge is 0.296 e. The lowest BCUT2D eigenvalue weighted by molar-refractivity contribution is 0.111. The zero-order valence-corrected chi connectivity index (χ0v) is 8.45. The topological polar surface area (TPSA) is 34.9 Å². The highest BCUT2D eigenvalue weighted by Crippen LogP contribution is 2.20. The van der Waals surface area contributed by atoms with Crippen LogP contribution in [-0.4, -0.2) is 15.8 Å². The number of halogens is 2. The van der Waals surface area contributed by atoms with Crippen LogP contribution in [0.1, 0.15) is 16.3 Å². The van der Waals surface area contributed by atoms with E-state index in [4.69, 9.17) is 0 Å². The maximum Gasteiger partial charge on any atom is 0.168 e. The van der Waals surface area contributed by atoms with Gasteiger partial charge in [0.05, 0.1) is 6.20 Å². The summed E-state index contributed by atoms with van der Waals surface area (Å²) in [5.41, 5.74) is -0.166. The Labute approximate surface area is 90.3 Å². The molecule has 16 heavy (non-hydrogen) atoms. The molecule has 0 N–H and O–H groups in total. The van der Waals surface area contributed by atoms with Gasteiger partial charge in [0, 0.05) is 0 Å². The number of aldehydes is 1. The summed E-state index contributed by atoms with van der Waals surface area (Å²) in [6.07, 6.45) is 1.78. The quantitative estimate of drug-likeness (QED) is 0.730. The Balaban J connectivity index is 2.76. The lowest BCUT2D eigenvalue weighted by atomic mass is 10.2. The molecule has 5 heteroatoms. The van der Waals surface area contributed by atoms with Crippen LogP contribution in [0.5, 0.6) is 0 Å². The van der Waals surface area contributed by atoms with Crippen LogP contribution in [0.4, 0.5) is 8.78 Å². The first-order valence-electron chi connectivity index (χ1n) is 4.59. The molecular weight excluding hydrogens is 214 g/mol. The predicted molar refractivity (Wildman–Crippen MR) is 53.6 cm³/mol. The van der Waals surface area contributed by atoms with Crippen molar-refractivity contribution >= 4 is 6.29 Å². The number of aryl methyl sites for hydroxylation is 1. The van der Waals surface area contributed by atoms with Crippen molar-refractivity contribution in [3.8, 4) is 5.69 Å². The number of para-hydroxylation sites is 1. The molecule has 0 spiro atoms. The Morgan fingerprint density at radius 1 is 1.31 bits per heavy atom. The van der Waals surface area contributed by atoms with Crippen LogP contribution in [0.15, 0.2) is 24.4 Å². The number of carbonyl (C=O) groups excluding carboxylic acids is 1. The number of nitrogens with zero attached hydrogens (tertiary/aromatic N) is 2. The summed E-state index contributed by atoms with van der Waals surface area (Å²) in [5, 5.41) is 0. The van der Waals surface area contributed by atoms with Gasteiger partial charge in [0.2, 0.25) is 0 Å². The smallest absolute Gasteiger partial charge is 0.168 e. The first-order chi connectivity index (χ1) is 7.65. The van der Waals surface area contributed by atoms with Crippen LogP contribution >= 0.6 is 0 Å². The third-order valence-corrected chi connectivity index (χ3v) is 2.25. The maximum atomic E-state index is 13.5. The minimum atomic E-state index is -0.732. The Kier molecular flexibility index (Phi) is 2.52. The fourth-order valence-electron chi connectivity index (χ4n) is 1.54. The van der Waals surface area contributed by atoms with Crippen molar-refractivity contribution in [2.45, 2.75) is 6.92 Å². The van der Waals surface area contributed by atoms with E-state index in [9.17, 15) is 13.6 Å². The average molecular weight is 222 g/mol. The van der Waals surface area contributed by atoms with E-state index < -0.39 is 11.6 Å². The second-order valence-electron chi connectivity index (χ2n) is 3.25. The molecule has 0 saturated heterocycles. The minimum Gasteiger partial charge on any atom is -0.296 e. The van der Waals surface area contributed by atoms with Crippen LogP contribution in [0.2, 0.25) is 0 Å². The van der Waals surface area contributed by atoms with Crippen LogP contribution in [0.3, 0.4) is 0 Å². The van der Waals surface area contributed by atoms with Gasteiger partial charge in [-0.15, -0.1) is 0 Å². The molecule has 0 radical (unpaired) electrons. The summed E-state index contributed by atoms with van der Waals surface area (Å²) in [6.45, 7) is 1.57. The molecular formula is C11H8F2N2O. The van der Waals surface area contributed by atoms with Gasteiger partial charge in [-0.1, -0.05) is 6.07 Å². The van der Waals surface area contributed by atoms with E-state index in [2.05, 4.69) is 4.98 Å².